The topological polar surface area (TPSA) is 58.6 Å². The van der Waals surface area contributed by atoms with Crippen molar-refractivity contribution in [3.05, 3.63) is 100 Å². The summed E-state index contributed by atoms with van der Waals surface area (Å²) in [5, 5.41) is 4.03. The predicted octanol–water partition coefficient (Wildman–Crippen LogP) is 6.07. The number of hydrogen-bond donors (Lipinski definition) is 1. The largest absolute Gasteiger partial charge is 0.484 e. The third kappa shape index (κ3) is 7.25. The highest BCUT2D eigenvalue weighted by Crippen LogP contribution is 2.25. The van der Waals surface area contributed by atoms with Gasteiger partial charge in [-0.25, -0.2) is 0 Å². The van der Waals surface area contributed by atoms with Gasteiger partial charge in [-0.05, 0) is 48.2 Å². The summed E-state index contributed by atoms with van der Waals surface area (Å²) < 4.78 is 5.77. The highest BCUT2D eigenvalue weighted by Gasteiger charge is 2.32. The van der Waals surface area contributed by atoms with Crippen molar-refractivity contribution in [3.63, 3.8) is 0 Å². The summed E-state index contributed by atoms with van der Waals surface area (Å²) in [4.78, 5) is 28.8. The Morgan fingerprint density at radius 1 is 0.889 bits per heavy atom. The Hall–Kier alpha value is -3.02. The second-order valence-corrected chi connectivity index (χ2v) is 9.88. The summed E-state index contributed by atoms with van der Waals surface area (Å²) in [6.07, 6.45) is 4.51. The lowest BCUT2D eigenvalue weighted by molar-refractivity contribution is -0.143. The van der Waals surface area contributed by atoms with Crippen molar-refractivity contribution in [1.29, 1.82) is 0 Å². The molecule has 1 saturated carbocycles. The summed E-state index contributed by atoms with van der Waals surface area (Å²) in [5.74, 6) is 0.154. The number of amides is 2. The van der Waals surface area contributed by atoms with E-state index in [2.05, 4.69) is 5.32 Å². The SMILES string of the molecule is O=C(NC1CCCC1)[C@@H](Cc1ccccc1)N(Cc1ccc(Cl)c(Cl)c1)C(=O)COc1ccccc1. The molecule has 36 heavy (non-hydrogen) atoms. The molecule has 1 atom stereocenters. The molecule has 0 aliphatic heterocycles. The minimum Gasteiger partial charge on any atom is -0.484 e. The van der Waals surface area contributed by atoms with Crippen LogP contribution in [0.25, 0.3) is 0 Å². The smallest absolute Gasteiger partial charge is 0.261 e. The molecule has 1 fully saturated rings. The van der Waals surface area contributed by atoms with Gasteiger partial charge in [-0.15, -0.1) is 0 Å². The predicted molar refractivity (Wildman–Crippen MR) is 143 cm³/mol. The van der Waals surface area contributed by atoms with Gasteiger partial charge in [0.05, 0.1) is 10.0 Å². The number of carbonyl (C=O) groups is 2. The van der Waals surface area contributed by atoms with Gasteiger partial charge in [0.2, 0.25) is 5.91 Å². The van der Waals surface area contributed by atoms with E-state index in [1.807, 2.05) is 54.6 Å². The third-order valence-electron chi connectivity index (χ3n) is 6.42. The van der Waals surface area contributed by atoms with Crippen LogP contribution in [0.15, 0.2) is 78.9 Å². The normalized spacial score (nSPS) is 14.3. The number of carbonyl (C=O) groups excluding carboxylic acids is 2. The van der Waals surface area contributed by atoms with Crippen LogP contribution < -0.4 is 10.1 Å². The van der Waals surface area contributed by atoms with Gasteiger partial charge in [-0.2, -0.15) is 0 Å². The fourth-order valence-electron chi connectivity index (χ4n) is 4.50. The summed E-state index contributed by atoms with van der Waals surface area (Å²) in [6, 6.07) is 23.6. The van der Waals surface area contributed by atoms with Crippen LogP contribution in [0, 0.1) is 0 Å². The average molecular weight is 525 g/mol. The second kappa shape index (κ2) is 12.8. The first-order chi connectivity index (χ1) is 17.5. The van der Waals surface area contributed by atoms with Gasteiger partial charge in [-0.1, -0.05) is 90.6 Å². The highest BCUT2D eigenvalue weighted by molar-refractivity contribution is 6.42. The fourth-order valence-corrected chi connectivity index (χ4v) is 4.82. The minimum atomic E-state index is -0.714. The van der Waals surface area contributed by atoms with Gasteiger partial charge in [0, 0.05) is 19.0 Å². The van der Waals surface area contributed by atoms with Crippen LogP contribution in [-0.4, -0.2) is 35.4 Å². The lowest BCUT2D eigenvalue weighted by atomic mass is 10.0. The molecular weight excluding hydrogens is 495 g/mol. The van der Waals surface area contributed by atoms with Crippen LogP contribution >= 0.6 is 23.2 Å². The molecule has 0 radical (unpaired) electrons. The number of nitrogens with one attached hydrogen (secondary N) is 1. The summed E-state index contributed by atoms with van der Waals surface area (Å²) in [7, 11) is 0. The first-order valence-electron chi connectivity index (χ1n) is 12.2. The van der Waals surface area contributed by atoms with Crippen LogP contribution in [0.2, 0.25) is 10.0 Å². The molecule has 5 nitrogen and oxygen atoms in total. The van der Waals surface area contributed by atoms with E-state index in [0.717, 1.165) is 36.8 Å². The van der Waals surface area contributed by atoms with Crippen molar-refractivity contribution in [2.45, 2.75) is 50.7 Å². The van der Waals surface area contributed by atoms with Gasteiger partial charge in [-0.3, -0.25) is 9.59 Å². The maximum absolute atomic E-state index is 13.6. The Kier molecular flexibility index (Phi) is 9.26. The van der Waals surface area contributed by atoms with Crippen molar-refractivity contribution in [2.75, 3.05) is 6.61 Å². The zero-order chi connectivity index (χ0) is 25.3. The second-order valence-electron chi connectivity index (χ2n) is 9.07. The molecule has 7 heteroatoms. The van der Waals surface area contributed by atoms with Gasteiger partial charge >= 0.3 is 0 Å². The van der Waals surface area contributed by atoms with Crippen LogP contribution in [0.4, 0.5) is 0 Å². The number of para-hydroxylation sites is 1. The van der Waals surface area contributed by atoms with E-state index >= 15 is 0 Å². The molecule has 1 N–H and O–H groups in total. The van der Waals surface area contributed by atoms with Gasteiger partial charge in [0.1, 0.15) is 11.8 Å². The Balaban J connectivity index is 1.62. The maximum atomic E-state index is 13.6. The molecule has 0 spiro atoms. The Morgan fingerprint density at radius 3 is 2.22 bits per heavy atom. The van der Waals surface area contributed by atoms with Crippen molar-refractivity contribution >= 4 is 35.0 Å². The molecule has 0 heterocycles. The molecule has 4 rings (SSSR count). The third-order valence-corrected chi connectivity index (χ3v) is 7.15. The standard InChI is InChI=1S/C29H30Cl2N2O3/c30-25-16-15-22(17-26(25)31)19-33(28(34)20-36-24-13-5-2-6-14-24)27(18-21-9-3-1-4-10-21)29(35)32-23-11-7-8-12-23/h1-6,9-10,13-17,23,27H,7-8,11-12,18-20H2,(H,32,35)/t27-/m1/s1. The number of halogens is 2. The van der Waals surface area contributed by atoms with E-state index in [0.29, 0.717) is 22.2 Å². The Labute approximate surface area is 222 Å². The highest BCUT2D eigenvalue weighted by atomic mass is 35.5. The monoisotopic (exact) mass is 524 g/mol. The molecule has 188 valence electrons. The van der Waals surface area contributed by atoms with E-state index in [1.165, 1.54) is 0 Å². The molecule has 0 bridgehead atoms. The van der Waals surface area contributed by atoms with Crippen LogP contribution in [0.1, 0.15) is 36.8 Å². The van der Waals surface area contributed by atoms with Crippen molar-refractivity contribution in [2.24, 2.45) is 0 Å². The van der Waals surface area contributed by atoms with E-state index in [-0.39, 0.29) is 31.0 Å². The number of ether oxygens (including phenoxy) is 1. The van der Waals surface area contributed by atoms with Gasteiger partial charge < -0.3 is 15.0 Å². The number of rotatable bonds is 10. The van der Waals surface area contributed by atoms with E-state index < -0.39 is 6.04 Å². The minimum absolute atomic E-state index is 0.137. The number of nitrogens with zero attached hydrogens (tertiary/aromatic N) is 1. The molecule has 1 aliphatic rings. The number of benzene rings is 3. The van der Waals surface area contributed by atoms with Crippen LogP contribution in [-0.2, 0) is 22.6 Å². The van der Waals surface area contributed by atoms with Gasteiger partial charge in [0.15, 0.2) is 6.61 Å². The first-order valence-corrected chi connectivity index (χ1v) is 13.0. The summed E-state index contributed by atoms with van der Waals surface area (Å²) in [5.41, 5.74) is 1.75. The lowest BCUT2D eigenvalue weighted by Crippen LogP contribution is -2.53. The zero-order valence-electron chi connectivity index (χ0n) is 20.0. The Bertz CT molecular complexity index is 1150. The maximum Gasteiger partial charge on any atom is 0.261 e. The molecule has 0 saturated heterocycles. The summed E-state index contributed by atoms with van der Waals surface area (Å²) in [6.45, 7) is 0.0107. The van der Waals surface area contributed by atoms with Gasteiger partial charge in [0.25, 0.3) is 5.91 Å². The van der Waals surface area contributed by atoms with Crippen molar-refractivity contribution in [1.82, 2.24) is 10.2 Å². The molecular formula is C29H30Cl2N2O3. The van der Waals surface area contributed by atoms with Crippen molar-refractivity contribution in [3.8, 4) is 5.75 Å². The first kappa shape index (κ1) is 26.1. The molecule has 1 aliphatic carbocycles. The molecule has 3 aromatic carbocycles. The molecule has 0 aromatic heterocycles. The van der Waals surface area contributed by atoms with E-state index in [4.69, 9.17) is 27.9 Å². The quantitative estimate of drug-likeness (QED) is 0.350. The van der Waals surface area contributed by atoms with Crippen LogP contribution in [0.5, 0.6) is 5.75 Å². The fraction of sp³-hybridized carbons (Fsp3) is 0.310. The zero-order valence-corrected chi connectivity index (χ0v) is 21.5. The molecule has 2 amide bonds. The Morgan fingerprint density at radius 2 is 1.56 bits per heavy atom. The average Bonchev–Trinajstić information content (AvgIpc) is 3.41. The number of hydrogen-bond acceptors (Lipinski definition) is 3. The molecule has 0 unspecified atom stereocenters. The van der Waals surface area contributed by atoms with E-state index in [1.54, 1.807) is 29.2 Å². The lowest BCUT2D eigenvalue weighted by Gasteiger charge is -2.32. The van der Waals surface area contributed by atoms with Crippen molar-refractivity contribution < 1.29 is 14.3 Å². The summed E-state index contributed by atoms with van der Waals surface area (Å²) >= 11 is 12.4. The van der Waals surface area contributed by atoms with Crippen LogP contribution in [0.3, 0.4) is 0 Å². The van der Waals surface area contributed by atoms with E-state index in [9.17, 15) is 9.59 Å². The molecule has 3 aromatic rings.